The van der Waals surface area contributed by atoms with Crippen molar-refractivity contribution in [2.24, 2.45) is 0 Å². The summed E-state index contributed by atoms with van der Waals surface area (Å²) in [6.07, 6.45) is 1.93. The number of hydrogen-bond acceptors (Lipinski definition) is 3. The third-order valence-corrected chi connectivity index (χ3v) is 6.01. The van der Waals surface area contributed by atoms with E-state index in [1.807, 2.05) is 37.4 Å². The number of likely N-dealkylation sites (N-methyl/N-ethyl adjacent to an activating group) is 1. The van der Waals surface area contributed by atoms with Crippen LogP contribution in [0.4, 0.5) is 0 Å². The topological polar surface area (TPSA) is 49.4 Å². The van der Waals surface area contributed by atoms with Crippen LogP contribution in [0.2, 0.25) is 0 Å². The highest BCUT2D eigenvalue weighted by molar-refractivity contribution is 7.89. The second kappa shape index (κ2) is 5.75. The van der Waals surface area contributed by atoms with Crippen LogP contribution in [0.15, 0.2) is 47.4 Å². The summed E-state index contributed by atoms with van der Waals surface area (Å²) < 4.78 is 27.2. The zero-order valence-corrected chi connectivity index (χ0v) is 12.9. The average Bonchev–Trinajstić information content (AvgIpc) is 2.54. The minimum Gasteiger partial charge on any atom is -0.316 e. The quantitative estimate of drug-likeness (QED) is 0.946. The van der Waals surface area contributed by atoms with Gasteiger partial charge in [0.05, 0.1) is 4.90 Å². The molecule has 2 aromatic rings. The number of nitrogens with zero attached hydrogens (tertiary/aromatic N) is 1. The van der Waals surface area contributed by atoms with Crippen molar-refractivity contribution in [3.05, 3.63) is 42.5 Å². The Hall–Kier alpha value is -1.43. The molecule has 112 valence electrons. The number of benzene rings is 2. The van der Waals surface area contributed by atoms with Crippen LogP contribution < -0.4 is 5.32 Å². The fourth-order valence-corrected chi connectivity index (χ4v) is 4.43. The Kier molecular flexibility index (Phi) is 3.97. The number of rotatable bonds is 3. The lowest BCUT2D eigenvalue weighted by molar-refractivity contribution is 0.293. The van der Waals surface area contributed by atoms with Crippen LogP contribution in [0.3, 0.4) is 0 Å². The molecule has 1 saturated heterocycles. The summed E-state index contributed by atoms with van der Waals surface area (Å²) >= 11 is 0. The molecule has 2 aromatic carbocycles. The van der Waals surface area contributed by atoms with E-state index in [-0.39, 0.29) is 6.04 Å². The summed E-state index contributed by atoms with van der Waals surface area (Å²) in [7, 11) is -1.52. The number of fused-ring (bicyclic) bond motifs is 1. The molecule has 1 unspecified atom stereocenters. The summed E-state index contributed by atoms with van der Waals surface area (Å²) in [6.45, 7) is 1.15. The summed E-state index contributed by atoms with van der Waals surface area (Å²) in [5, 5.41) is 5.20. The maximum Gasteiger partial charge on any atom is 0.243 e. The zero-order valence-electron chi connectivity index (χ0n) is 12.1. The van der Waals surface area contributed by atoms with Crippen LogP contribution in [-0.2, 0) is 10.0 Å². The van der Waals surface area contributed by atoms with E-state index in [0.29, 0.717) is 18.0 Å². The second-order valence-electron chi connectivity index (χ2n) is 5.50. The van der Waals surface area contributed by atoms with Crippen LogP contribution in [0.25, 0.3) is 10.8 Å². The Labute approximate surface area is 125 Å². The van der Waals surface area contributed by atoms with E-state index in [2.05, 4.69) is 5.32 Å². The number of piperidine rings is 1. The summed E-state index contributed by atoms with van der Waals surface area (Å²) in [5.41, 5.74) is 0. The van der Waals surface area contributed by atoms with Gasteiger partial charge in [0.1, 0.15) is 0 Å². The molecule has 1 aliphatic heterocycles. The van der Waals surface area contributed by atoms with Crippen LogP contribution in [0.5, 0.6) is 0 Å². The molecule has 0 aliphatic carbocycles. The van der Waals surface area contributed by atoms with Gasteiger partial charge in [0, 0.05) is 19.1 Å². The van der Waals surface area contributed by atoms with Crippen molar-refractivity contribution in [2.75, 3.05) is 20.1 Å². The van der Waals surface area contributed by atoms with Gasteiger partial charge in [-0.3, -0.25) is 0 Å². The minimum atomic E-state index is -3.40. The van der Waals surface area contributed by atoms with Crippen molar-refractivity contribution in [1.29, 1.82) is 0 Å². The zero-order chi connectivity index (χ0) is 14.9. The second-order valence-corrected chi connectivity index (χ2v) is 7.44. The number of hydrogen-bond donors (Lipinski definition) is 1. The molecule has 1 N–H and O–H groups in total. The Morgan fingerprint density at radius 3 is 2.67 bits per heavy atom. The molecule has 1 atom stereocenters. The van der Waals surface area contributed by atoms with Crippen molar-refractivity contribution in [3.8, 4) is 0 Å². The fraction of sp³-hybridized carbons (Fsp3) is 0.375. The third kappa shape index (κ3) is 2.81. The normalized spacial score (nSPS) is 20.7. The van der Waals surface area contributed by atoms with Gasteiger partial charge in [-0.2, -0.15) is 4.31 Å². The van der Waals surface area contributed by atoms with Gasteiger partial charge in [-0.25, -0.2) is 8.42 Å². The van der Waals surface area contributed by atoms with Gasteiger partial charge >= 0.3 is 0 Å². The van der Waals surface area contributed by atoms with Crippen molar-refractivity contribution >= 4 is 20.8 Å². The minimum absolute atomic E-state index is 0.244. The van der Waals surface area contributed by atoms with E-state index in [1.165, 1.54) is 0 Å². The summed E-state index contributed by atoms with van der Waals surface area (Å²) in [6, 6.07) is 13.4. The first kappa shape index (κ1) is 14.5. The van der Waals surface area contributed by atoms with Crippen molar-refractivity contribution in [1.82, 2.24) is 9.62 Å². The lowest BCUT2D eigenvalue weighted by atomic mass is 10.1. The van der Waals surface area contributed by atoms with Gasteiger partial charge in [0.2, 0.25) is 10.0 Å². The van der Waals surface area contributed by atoms with Gasteiger partial charge in [-0.05, 0) is 42.8 Å². The van der Waals surface area contributed by atoms with Crippen LogP contribution >= 0.6 is 0 Å². The molecule has 0 aromatic heterocycles. The predicted molar refractivity (Wildman–Crippen MR) is 84.8 cm³/mol. The maximum absolute atomic E-state index is 12.8. The Balaban J connectivity index is 1.95. The Morgan fingerprint density at radius 2 is 1.90 bits per heavy atom. The molecule has 0 spiro atoms. The van der Waals surface area contributed by atoms with Gasteiger partial charge in [0.15, 0.2) is 0 Å². The molecule has 0 bridgehead atoms. The molecule has 3 rings (SSSR count). The first-order valence-corrected chi connectivity index (χ1v) is 8.71. The number of sulfonamides is 1. The Bertz CT molecular complexity index is 743. The SMILES string of the molecule is CNC1CCCN(S(=O)(=O)c2ccc3ccccc3c2)C1. The molecule has 1 fully saturated rings. The molecule has 21 heavy (non-hydrogen) atoms. The summed E-state index contributed by atoms with van der Waals surface area (Å²) in [5.74, 6) is 0. The fourth-order valence-electron chi connectivity index (χ4n) is 2.87. The highest BCUT2D eigenvalue weighted by Crippen LogP contribution is 2.24. The van der Waals surface area contributed by atoms with Crippen molar-refractivity contribution in [2.45, 2.75) is 23.8 Å². The molecule has 4 nitrogen and oxygen atoms in total. The average molecular weight is 304 g/mol. The monoisotopic (exact) mass is 304 g/mol. The van der Waals surface area contributed by atoms with Gasteiger partial charge < -0.3 is 5.32 Å². The van der Waals surface area contributed by atoms with E-state index in [1.54, 1.807) is 16.4 Å². The first-order valence-electron chi connectivity index (χ1n) is 7.27. The molecule has 0 saturated carbocycles. The predicted octanol–water partition coefficient (Wildman–Crippen LogP) is 2.21. The standard InChI is InChI=1S/C16H20N2O2S/c1-17-15-7-4-10-18(12-15)21(19,20)16-9-8-13-5-2-3-6-14(13)11-16/h2-3,5-6,8-9,11,15,17H,4,7,10,12H2,1H3. The molecule has 0 radical (unpaired) electrons. The number of nitrogens with one attached hydrogen (secondary N) is 1. The van der Waals surface area contributed by atoms with E-state index >= 15 is 0 Å². The van der Waals surface area contributed by atoms with E-state index in [4.69, 9.17) is 0 Å². The van der Waals surface area contributed by atoms with E-state index < -0.39 is 10.0 Å². The van der Waals surface area contributed by atoms with Crippen LogP contribution in [0.1, 0.15) is 12.8 Å². The molecule has 5 heteroatoms. The van der Waals surface area contributed by atoms with Gasteiger partial charge in [-0.1, -0.05) is 30.3 Å². The first-order chi connectivity index (χ1) is 10.1. The van der Waals surface area contributed by atoms with Gasteiger partial charge in [0.25, 0.3) is 0 Å². The lowest BCUT2D eigenvalue weighted by Gasteiger charge is -2.31. The summed E-state index contributed by atoms with van der Waals surface area (Å²) in [4.78, 5) is 0.387. The lowest BCUT2D eigenvalue weighted by Crippen LogP contribution is -2.46. The van der Waals surface area contributed by atoms with Crippen molar-refractivity contribution < 1.29 is 8.42 Å². The van der Waals surface area contributed by atoms with Crippen LogP contribution in [-0.4, -0.2) is 38.9 Å². The molecular formula is C16H20N2O2S. The van der Waals surface area contributed by atoms with E-state index in [0.717, 1.165) is 23.6 Å². The Morgan fingerprint density at radius 1 is 1.14 bits per heavy atom. The molecule has 1 aliphatic rings. The van der Waals surface area contributed by atoms with Crippen molar-refractivity contribution in [3.63, 3.8) is 0 Å². The van der Waals surface area contributed by atoms with Crippen LogP contribution in [0, 0.1) is 0 Å². The van der Waals surface area contributed by atoms with E-state index in [9.17, 15) is 8.42 Å². The molecule has 1 heterocycles. The third-order valence-electron chi connectivity index (χ3n) is 4.15. The highest BCUT2D eigenvalue weighted by atomic mass is 32.2. The molecule has 0 amide bonds. The van der Waals surface area contributed by atoms with Gasteiger partial charge in [-0.15, -0.1) is 0 Å². The smallest absolute Gasteiger partial charge is 0.243 e. The maximum atomic E-state index is 12.8. The molecular weight excluding hydrogens is 284 g/mol. The highest BCUT2D eigenvalue weighted by Gasteiger charge is 2.29. The largest absolute Gasteiger partial charge is 0.316 e.